The molecule has 1 amide bonds. The average Bonchev–Trinajstić information content (AvgIpc) is 3.15. The first-order chi connectivity index (χ1) is 12.1. The number of rotatable bonds is 5. The Bertz CT molecular complexity index is 935. The van der Waals surface area contributed by atoms with Crippen LogP contribution in [-0.2, 0) is 4.79 Å². The summed E-state index contributed by atoms with van der Waals surface area (Å²) >= 11 is 0. The number of pyridine rings is 1. The van der Waals surface area contributed by atoms with Crippen LogP contribution in [0.1, 0.15) is 5.56 Å². The summed E-state index contributed by atoms with van der Waals surface area (Å²) in [4.78, 5) is 26.9. The molecule has 0 unspecified atom stereocenters. The molecule has 8 nitrogen and oxygen atoms in total. The van der Waals surface area contributed by atoms with Gasteiger partial charge in [0.05, 0.1) is 16.2 Å². The number of hydrogen-bond acceptors (Lipinski definition) is 5. The van der Waals surface area contributed by atoms with E-state index >= 15 is 0 Å². The quantitative estimate of drug-likeness (QED) is 0.439. The number of nitrogens with zero attached hydrogens (tertiary/aromatic N) is 4. The van der Waals surface area contributed by atoms with Crippen LogP contribution >= 0.6 is 0 Å². The molecule has 124 valence electrons. The predicted molar refractivity (Wildman–Crippen MR) is 92.1 cm³/mol. The number of nitro groups is 1. The molecular formula is C17H13N5O3. The summed E-state index contributed by atoms with van der Waals surface area (Å²) in [7, 11) is 0. The molecule has 0 saturated heterocycles. The number of para-hydroxylation sites is 1. The Morgan fingerprint density at radius 2 is 2.00 bits per heavy atom. The highest BCUT2D eigenvalue weighted by atomic mass is 16.6. The molecule has 0 bridgehead atoms. The Morgan fingerprint density at radius 3 is 2.76 bits per heavy atom. The van der Waals surface area contributed by atoms with Crippen LogP contribution in [0.4, 0.5) is 11.4 Å². The summed E-state index contributed by atoms with van der Waals surface area (Å²) < 4.78 is 1.53. The molecule has 0 radical (unpaired) electrons. The van der Waals surface area contributed by atoms with Crippen molar-refractivity contribution in [3.8, 4) is 5.82 Å². The number of benzene rings is 1. The summed E-state index contributed by atoms with van der Waals surface area (Å²) in [5.41, 5.74) is 0.759. The fourth-order valence-electron chi connectivity index (χ4n) is 2.21. The Hall–Kier alpha value is -3.81. The second-order valence-electron chi connectivity index (χ2n) is 4.96. The molecule has 0 aliphatic rings. The van der Waals surface area contributed by atoms with Gasteiger partial charge < -0.3 is 5.32 Å². The fourth-order valence-corrected chi connectivity index (χ4v) is 2.21. The van der Waals surface area contributed by atoms with Crippen LogP contribution in [0.15, 0.2) is 67.1 Å². The second-order valence-corrected chi connectivity index (χ2v) is 4.96. The van der Waals surface area contributed by atoms with Crippen LogP contribution < -0.4 is 5.32 Å². The van der Waals surface area contributed by atoms with Crippen molar-refractivity contribution in [1.29, 1.82) is 0 Å². The standard InChI is InChI=1S/C17H13N5O3/c23-16(9-8-13-5-1-2-7-15(13)22(24)25)20-14-6-3-10-18-17(14)21-12-4-11-19-21/h1-12H,(H,20,23)/b9-8+. The summed E-state index contributed by atoms with van der Waals surface area (Å²) in [6.07, 6.45) is 7.55. The highest BCUT2D eigenvalue weighted by molar-refractivity contribution is 6.03. The molecule has 0 spiro atoms. The molecule has 25 heavy (non-hydrogen) atoms. The van der Waals surface area contributed by atoms with Crippen molar-refractivity contribution in [1.82, 2.24) is 14.8 Å². The van der Waals surface area contributed by atoms with E-state index in [1.807, 2.05) is 0 Å². The van der Waals surface area contributed by atoms with Gasteiger partial charge in [0.1, 0.15) is 0 Å². The van der Waals surface area contributed by atoms with Gasteiger partial charge in [-0.15, -0.1) is 0 Å². The maximum Gasteiger partial charge on any atom is 0.276 e. The number of aromatic nitrogens is 3. The van der Waals surface area contributed by atoms with E-state index in [-0.39, 0.29) is 5.69 Å². The highest BCUT2D eigenvalue weighted by Crippen LogP contribution is 2.19. The van der Waals surface area contributed by atoms with Crippen LogP contribution in [0.3, 0.4) is 0 Å². The molecular weight excluding hydrogens is 322 g/mol. The van der Waals surface area contributed by atoms with E-state index < -0.39 is 10.8 Å². The molecule has 0 atom stereocenters. The summed E-state index contributed by atoms with van der Waals surface area (Å²) in [5, 5.41) is 17.8. The van der Waals surface area contributed by atoms with Crippen molar-refractivity contribution in [3.63, 3.8) is 0 Å². The highest BCUT2D eigenvalue weighted by Gasteiger charge is 2.11. The Morgan fingerprint density at radius 1 is 1.16 bits per heavy atom. The zero-order valence-electron chi connectivity index (χ0n) is 12.9. The van der Waals surface area contributed by atoms with Crippen LogP contribution in [-0.4, -0.2) is 25.6 Å². The smallest absolute Gasteiger partial charge is 0.276 e. The molecule has 0 aliphatic heterocycles. The third-order valence-corrected chi connectivity index (χ3v) is 3.31. The molecule has 3 rings (SSSR count). The lowest BCUT2D eigenvalue weighted by atomic mass is 10.1. The van der Waals surface area contributed by atoms with E-state index in [1.54, 1.807) is 55.0 Å². The van der Waals surface area contributed by atoms with Crippen molar-refractivity contribution in [2.75, 3.05) is 5.32 Å². The van der Waals surface area contributed by atoms with Gasteiger partial charge >= 0.3 is 0 Å². The molecule has 8 heteroatoms. The number of hydrogen-bond donors (Lipinski definition) is 1. The van der Waals surface area contributed by atoms with E-state index in [1.165, 1.54) is 22.9 Å². The fraction of sp³-hybridized carbons (Fsp3) is 0. The number of carbonyl (C=O) groups excluding carboxylic acids is 1. The van der Waals surface area contributed by atoms with Crippen LogP contribution in [0.2, 0.25) is 0 Å². The van der Waals surface area contributed by atoms with Crippen molar-refractivity contribution in [2.45, 2.75) is 0 Å². The van der Waals surface area contributed by atoms with Gasteiger partial charge in [0.15, 0.2) is 5.82 Å². The lowest BCUT2D eigenvalue weighted by molar-refractivity contribution is -0.385. The van der Waals surface area contributed by atoms with Gasteiger partial charge in [-0.3, -0.25) is 14.9 Å². The average molecular weight is 335 g/mol. The third kappa shape index (κ3) is 3.75. The van der Waals surface area contributed by atoms with E-state index in [0.29, 0.717) is 17.1 Å². The van der Waals surface area contributed by atoms with Gasteiger partial charge in [-0.25, -0.2) is 9.67 Å². The normalized spacial score (nSPS) is 10.7. The summed E-state index contributed by atoms with van der Waals surface area (Å²) in [5.74, 6) is 0.0412. The number of anilines is 1. The van der Waals surface area contributed by atoms with Crippen LogP contribution in [0.5, 0.6) is 0 Å². The summed E-state index contributed by atoms with van der Waals surface area (Å²) in [6.45, 7) is 0. The van der Waals surface area contributed by atoms with Crippen molar-refractivity contribution < 1.29 is 9.72 Å². The molecule has 2 heterocycles. The van der Waals surface area contributed by atoms with Crippen molar-refractivity contribution in [3.05, 3.63) is 82.8 Å². The Kier molecular flexibility index (Phi) is 4.61. The number of nitrogens with one attached hydrogen (secondary N) is 1. The van der Waals surface area contributed by atoms with E-state index in [4.69, 9.17) is 0 Å². The monoisotopic (exact) mass is 335 g/mol. The topological polar surface area (TPSA) is 103 Å². The minimum atomic E-state index is -0.492. The van der Waals surface area contributed by atoms with E-state index in [9.17, 15) is 14.9 Å². The van der Waals surface area contributed by atoms with Gasteiger partial charge in [0, 0.05) is 30.7 Å². The third-order valence-electron chi connectivity index (χ3n) is 3.31. The number of amides is 1. The Labute approximate surface area is 142 Å². The molecule has 0 saturated carbocycles. The van der Waals surface area contributed by atoms with E-state index in [0.717, 1.165) is 0 Å². The maximum atomic E-state index is 12.2. The second kappa shape index (κ2) is 7.18. The lowest BCUT2D eigenvalue weighted by Gasteiger charge is -2.08. The minimum Gasteiger partial charge on any atom is -0.319 e. The maximum absolute atomic E-state index is 12.2. The van der Waals surface area contributed by atoms with Gasteiger partial charge in [-0.1, -0.05) is 12.1 Å². The number of nitro benzene ring substituents is 1. The van der Waals surface area contributed by atoms with Gasteiger partial charge in [0.2, 0.25) is 5.91 Å². The summed E-state index contributed by atoms with van der Waals surface area (Å²) in [6, 6.07) is 11.3. The first-order valence-corrected chi connectivity index (χ1v) is 7.32. The zero-order valence-corrected chi connectivity index (χ0v) is 12.9. The first-order valence-electron chi connectivity index (χ1n) is 7.32. The number of carbonyl (C=O) groups is 1. The van der Waals surface area contributed by atoms with Gasteiger partial charge in [0.25, 0.3) is 5.69 Å². The van der Waals surface area contributed by atoms with Gasteiger partial charge in [-0.05, 0) is 30.3 Å². The SMILES string of the molecule is O=C(/C=C/c1ccccc1[N+](=O)[O-])Nc1cccnc1-n1cccn1. The molecule has 0 aliphatic carbocycles. The molecule has 0 fully saturated rings. The lowest BCUT2D eigenvalue weighted by Crippen LogP contribution is -2.12. The van der Waals surface area contributed by atoms with Crippen molar-refractivity contribution >= 4 is 23.4 Å². The minimum absolute atomic E-state index is 0.0647. The zero-order chi connectivity index (χ0) is 17.6. The van der Waals surface area contributed by atoms with Gasteiger partial charge in [-0.2, -0.15) is 5.10 Å². The molecule has 3 aromatic rings. The van der Waals surface area contributed by atoms with Crippen molar-refractivity contribution in [2.24, 2.45) is 0 Å². The van der Waals surface area contributed by atoms with Crippen LogP contribution in [0, 0.1) is 10.1 Å². The largest absolute Gasteiger partial charge is 0.319 e. The Balaban J connectivity index is 1.80. The molecule has 2 aromatic heterocycles. The molecule has 1 aromatic carbocycles. The first kappa shape index (κ1) is 16.1. The predicted octanol–water partition coefficient (Wildman–Crippen LogP) is 2.83. The van der Waals surface area contributed by atoms with E-state index in [2.05, 4.69) is 15.4 Å². The molecule has 1 N–H and O–H groups in total. The van der Waals surface area contributed by atoms with Crippen LogP contribution in [0.25, 0.3) is 11.9 Å².